The first-order chi connectivity index (χ1) is 11.6. The Hall–Kier alpha value is -2.25. The van der Waals surface area contributed by atoms with Gasteiger partial charge in [0.05, 0.1) is 18.4 Å². The minimum Gasteiger partial charge on any atom is -0.497 e. The summed E-state index contributed by atoms with van der Waals surface area (Å²) in [4.78, 5) is 16.8. The second-order valence-electron chi connectivity index (χ2n) is 4.84. The molecule has 0 atom stereocenters. The predicted octanol–water partition coefficient (Wildman–Crippen LogP) is 4.97. The Morgan fingerprint density at radius 3 is 2.71 bits per heavy atom. The molecule has 3 rings (SSSR count). The van der Waals surface area contributed by atoms with Crippen molar-refractivity contribution in [3.8, 4) is 17.0 Å². The van der Waals surface area contributed by atoms with Gasteiger partial charge in [-0.05, 0) is 58.4 Å². The minimum atomic E-state index is -0.301. The average Bonchev–Trinajstić information content (AvgIpc) is 3.04. The molecule has 0 aliphatic heterocycles. The van der Waals surface area contributed by atoms with Gasteiger partial charge in [-0.25, -0.2) is 9.37 Å². The van der Waals surface area contributed by atoms with Gasteiger partial charge >= 0.3 is 0 Å². The van der Waals surface area contributed by atoms with Gasteiger partial charge in [0.2, 0.25) is 0 Å². The SMILES string of the molecule is COc1ccc(Br)c(C(=O)Nc2nc(-c3ccc(F)cc3)cs2)c1. The number of nitrogens with zero attached hydrogens (tertiary/aromatic N) is 1. The predicted molar refractivity (Wildman–Crippen MR) is 96.2 cm³/mol. The minimum absolute atomic E-state index is 0.291. The summed E-state index contributed by atoms with van der Waals surface area (Å²) in [6, 6.07) is 11.2. The lowest BCUT2D eigenvalue weighted by Crippen LogP contribution is -2.12. The highest BCUT2D eigenvalue weighted by molar-refractivity contribution is 9.10. The van der Waals surface area contributed by atoms with E-state index in [9.17, 15) is 9.18 Å². The first-order valence-corrected chi connectivity index (χ1v) is 8.60. The van der Waals surface area contributed by atoms with Crippen LogP contribution in [0.3, 0.4) is 0 Å². The number of carbonyl (C=O) groups is 1. The maximum atomic E-state index is 13.0. The van der Waals surface area contributed by atoms with E-state index in [4.69, 9.17) is 4.74 Å². The van der Waals surface area contributed by atoms with Crippen LogP contribution in [-0.4, -0.2) is 18.0 Å². The molecule has 1 aromatic heterocycles. The molecule has 2 aromatic carbocycles. The van der Waals surface area contributed by atoms with E-state index < -0.39 is 0 Å². The molecule has 0 aliphatic rings. The zero-order valence-corrected chi connectivity index (χ0v) is 14.9. The van der Waals surface area contributed by atoms with E-state index >= 15 is 0 Å². The van der Waals surface area contributed by atoms with E-state index in [0.29, 0.717) is 26.6 Å². The number of aromatic nitrogens is 1. The monoisotopic (exact) mass is 406 g/mol. The van der Waals surface area contributed by atoms with Gasteiger partial charge in [-0.3, -0.25) is 10.1 Å². The standard InChI is InChI=1S/C17H12BrFN2O2S/c1-23-12-6-7-14(18)13(8-12)16(22)21-17-20-15(9-24-17)10-2-4-11(19)5-3-10/h2-9H,1H3,(H,20,21,22). The van der Waals surface area contributed by atoms with Crippen LogP contribution in [0.4, 0.5) is 9.52 Å². The summed E-state index contributed by atoms with van der Waals surface area (Å²) in [7, 11) is 1.54. The maximum absolute atomic E-state index is 13.0. The Labute approximate surface area is 150 Å². The molecule has 0 radical (unpaired) electrons. The van der Waals surface area contributed by atoms with E-state index in [1.165, 1.54) is 23.5 Å². The second-order valence-corrected chi connectivity index (χ2v) is 6.56. The summed E-state index contributed by atoms with van der Waals surface area (Å²) in [5.41, 5.74) is 1.92. The molecule has 0 saturated heterocycles. The summed E-state index contributed by atoms with van der Waals surface area (Å²) < 4.78 is 18.8. The van der Waals surface area contributed by atoms with Crippen LogP contribution >= 0.6 is 27.3 Å². The number of amides is 1. The molecule has 0 spiro atoms. The van der Waals surface area contributed by atoms with Gasteiger partial charge in [-0.2, -0.15) is 0 Å². The third-order valence-corrected chi connectivity index (χ3v) is 4.73. The van der Waals surface area contributed by atoms with Crippen molar-refractivity contribution < 1.29 is 13.9 Å². The third-order valence-electron chi connectivity index (χ3n) is 3.28. The Kier molecular flexibility index (Phi) is 4.92. The van der Waals surface area contributed by atoms with Gasteiger partial charge < -0.3 is 4.74 Å². The van der Waals surface area contributed by atoms with Gasteiger partial charge in [0.1, 0.15) is 11.6 Å². The lowest BCUT2D eigenvalue weighted by atomic mass is 10.2. The molecule has 24 heavy (non-hydrogen) atoms. The normalized spacial score (nSPS) is 10.5. The quantitative estimate of drug-likeness (QED) is 0.664. The second kappa shape index (κ2) is 7.11. The maximum Gasteiger partial charge on any atom is 0.258 e. The Morgan fingerprint density at radius 2 is 2.00 bits per heavy atom. The van der Waals surface area contributed by atoms with E-state index in [2.05, 4.69) is 26.2 Å². The van der Waals surface area contributed by atoms with Crippen molar-refractivity contribution in [3.05, 3.63) is 63.7 Å². The number of thiazole rings is 1. The average molecular weight is 407 g/mol. The molecule has 0 saturated carbocycles. The third kappa shape index (κ3) is 3.63. The molecule has 7 heteroatoms. The lowest BCUT2D eigenvalue weighted by Gasteiger charge is -2.06. The zero-order valence-electron chi connectivity index (χ0n) is 12.5. The Bertz CT molecular complexity index is 881. The summed E-state index contributed by atoms with van der Waals surface area (Å²) in [5, 5.41) is 5.04. The van der Waals surface area contributed by atoms with Gasteiger partial charge in [-0.1, -0.05) is 0 Å². The number of hydrogen-bond acceptors (Lipinski definition) is 4. The molecule has 0 unspecified atom stereocenters. The topological polar surface area (TPSA) is 51.2 Å². The Balaban J connectivity index is 1.79. The summed E-state index contributed by atoms with van der Waals surface area (Å²) >= 11 is 4.66. The number of anilines is 1. The van der Waals surface area contributed by atoms with E-state index in [1.54, 1.807) is 37.4 Å². The number of carbonyl (C=O) groups excluding carboxylic acids is 1. The first-order valence-electron chi connectivity index (χ1n) is 6.93. The van der Waals surface area contributed by atoms with Crippen molar-refractivity contribution in [1.82, 2.24) is 4.98 Å². The van der Waals surface area contributed by atoms with E-state index in [1.807, 2.05) is 5.38 Å². The molecule has 0 bridgehead atoms. The highest BCUT2D eigenvalue weighted by atomic mass is 79.9. The molecule has 1 N–H and O–H groups in total. The van der Waals surface area contributed by atoms with Crippen molar-refractivity contribution in [2.45, 2.75) is 0 Å². The van der Waals surface area contributed by atoms with E-state index in [-0.39, 0.29) is 11.7 Å². The van der Waals surface area contributed by atoms with Crippen LogP contribution in [0.15, 0.2) is 52.3 Å². The molecule has 1 heterocycles. The molecule has 0 fully saturated rings. The molecule has 3 aromatic rings. The molecular formula is C17H12BrFN2O2S. The van der Waals surface area contributed by atoms with Gasteiger partial charge in [0.25, 0.3) is 5.91 Å². The van der Waals surface area contributed by atoms with Crippen molar-refractivity contribution in [2.75, 3.05) is 12.4 Å². The van der Waals surface area contributed by atoms with E-state index in [0.717, 1.165) is 5.56 Å². The van der Waals surface area contributed by atoms with Crippen molar-refractivity contribution in [1.29, 1.82) is 0 Å². The highest BCUT2D eigenvalue weighted by Crippen LogP contribution is 2.27. The van der Waals surface area contributed by atoms with Crippen molar-refractivity contribution in [2.24, 2.45) is 0 Å². The fourth-order valence-corrected chi connectivity index (χ4v) is 3.20. The molecule has 122 valence electrons. The number of ether oxygens (including phenoxy) is 1. The summed E-state index contributed by atoms with van der Waals surface area (Å²) in [6.45, 7) is 0. The smallest absolute Gasteiger partial charge is 0.258 e. The van der Waals surface area contributed by atoms with Crippen LogP contribution in [-0.2, 0) is 0 Å². The largest absolute Gasteiger partial charge is 0.497 e. The van der Waals surface area contributed by atoms with Crippen molar-refractivity contribution in [3.63, 3.8) is 0 Å². The highest BCUT2D eigenvalue weighted by Gasteiger charge is 2.14. The fourth-order valence-electron chi connectivity index (χ4n) is 2.05. The van der Waals surface area contributed by atoms with Gasteiger partial charge in [0, 0.05) is 15.4 Å². The summed E-state index contributed by atoms with van der Waals surface area (Å²) in [6.07, 6.45) is 0. The summed E-state index contributed by atoms with van der Waals surface area (Å²) in [5.74, 6) is 0.000604. The van der Waals surface area contributed by atoms with Gasteiger partial charge in [0.15, 0.2) is 5.13 Å². The first kappa shape index (κ1) is 16.6. The van der Waals surface area contributed by atoms with Crippen LogP contribution in [0.1, 0.15) is 10.4 Å². The number of halogens is 2. The molecule has 4 nitrogen and oxygen atoms in total. The zero-order chi connectivity index (χ0) is 17.1. The van der Waals surface area contributed by atoms with Crippen molar-refractivity contribution >= 4 is 38.3 Å². The lowest BCUT2D eigenvalue weighted by molar-refractivity contribution is 0.102. The van der Waals surface area contributed by atoms with Crippen LogP contribution in [0.2, 0.25) is 0 Å². The number of rotatable bonds is 4. The van der Waals surface area contributed by atoms with Gasteiger partial charge in [-0.15, -0.1) is 11.3 Å². The fraction of sp³-hybridized carbons (Fsp3) is 0.0588. The molecule has 1 amide bonds. The number of hydrogen-bond donors (Lipinski definition) is 1. The number of methoxy groups -OCH3 is 1. The van der Waals surface area contributed by atoms with Crippen LogP contribution in [0.25, 0.3) is 11.3 Å². The number of benzene rings is 2. The Morgan fingerprint density at radius 1 is 1.25 bits per heavy atom. The van der Waals surface area contributed by atoms with Crippen LogP contribution in [0.5, 0.6) is 5.75 Å². The van der Waals surface area contributed by atoms with Crippen LogP contribution < -0.4 is 10.1 Å². The number of nitrogens with one attached hydrogen (secondary N) is 1. The molecule has 0 aliphatic carbocycles. The molecular weight excluding hydrogens is 395 g/mol. The van der Waals surface area contributed by atoms with Crippen LogP contribution in [0, 0.1) is 5.82 Å².